The second kappa shape index (κ2) is 3.99. The molecular weight excluding hydrogens is 172 g/mol. The van der Waals surface area contributed by atoms with Crippen LogP contribution >= 0.6 is 11.6 Å². The van der Waals surface area contributed by atoms with E-state index in [0.717, 1.165) is 17.2 Å². The van der Waals surface area contributed by atoms with Gasteiger partial charge in [-0.1, -0.05) is 24.6 Å². The monoisotopic (exact) mass is 186 g/mol. The lowest BCUT2D eigenvalue weighted by molar-refractivity contribution is 0.154. The van der Waals surface area contributed by atoms with Crippen molar-refractivity contribution in [2.75, 3.05) is 0 Å². The number of rotatable bonds is 2. The molecule has 1 unspecified atom stereocenters. The molecule has 0 aromatic carbocycles. The molecule has 0 bridgehead atoms. The lowest BCUT2D eigenvalue weighted by Gasteiger charge is -2.19. The van der Waals surface area contributed by atoms with Crippen molar-refractivity contribution in [2.24, 2.45) is 5.92 Å². The largest absolute Gasteiger partial charge is 0.490 e. The molecule has 1 aliphatic carbocycles. The minimum absolute atomic E-state index is 0.198. The fourth-order valence-electron chi connectivity index (χ4n) is 1.15. The molecule has 0 aromatic rings. The standard InChI is InChI=1S/C10H15ClO/c1-7(2)12-9-6-4-5-8(3)10(9)11/h4,6-8H,5H2,1-3H3. The van der Waals surface area contributed by atoms with Crippen molar-refractivity contribution < 1.29 is 4.74 Å². The third-order valence-electron chi connectivity index (χ3n) is 1.79. The number of halogens is 1. The Morgan fingerprint density at radius 2 is 2.25 bits per heavy atom. The van der Waals surface area contributed by atoms with Gasteiger partial charge in [-0.2, -0.15) is 0 Å². The van der Waals surface area contributed by atoms with Gasteiger partial charge in [0.2, 0.25) is 0 Å². The van der Waals surface area contributed by atoms with Crippen molar-refractivity contribution >= 4 is 11.6 Å². The summed E-state index contributed by atoms with van der Waals surface area (Å²) in [5.74, 6) is 1.25. The molecule has 0 saturated heterocycles. The molecule has 0 spiro atoms. The number of hydrogen-bond acceptors (Lipinski definition) is 1. The van der Waals surface area contributed by atoms with Crippen LogP contribution in [0.25, 0.3) is 0 Å². The zero-order valence-electron chi connectivity index (χ0n) is 7.80. The normalized spacial score (nSPS) is 23.6. The maximum Gasteiger partial charge on any atom is 0.134 e. The van der Waals surface area contributed by atoms with Crippen LogP contribution in [0.15, 0.2) is 22.9 Å². The van der Waals surface area contributed by atoms with Gasteiger partial charge in [0, 0.05) is 0 Å². The van der Waals surface area contributed by atoms with Gasteiger partial charge in [-0.15, -0.1) is 0 Å². The van der Waals surface area contributed by atoms with E-state index in [1.165, 1.54) is 0 Å². The van der Waals surface area contributed by atoms with E-state index in [1.807, 2.05) is 19.9 Å². The highest BCUT2D eigenvalue weighted by Gasteiger charge is 2.15. The fraction of sp³-hybridized carbons (Fsp3) is 0.600. The van der Waals surface area contributed by atoms with Crippen molar-refractivity contribution in [3.63, 3.8) is 0 Å². The Morgan fingerprint density at radius 1 is 1.58 bits per heavy atom. The van der Waals surface area contributed by atoms with Crippen LogP contribution in [-0.2, 0) is 4.74 Å². The van der Waals surface area contributed by atoms with Crippen LogP contribution in [0.2, 0.25) is 0 Å². The van der Waals surface area contributed by atoms with E-state index in [2.05, 4.69) is 13.0 Å². The molecule has 2 heteroatoms. The molecule has 0 radical (unpaired) electrons. The van der Waals surface area contributed by atoms with E-state index in [0.29, 0.717) is 5.92 Å². The molecule has 1 atom stereocenters. The molecule has 0 fully saturated rings. The highest BCUT2D eigenvalue weighted by Crippen LogP contribution is 2.29. The zero-order valence-corrected chi connectivity index (χ0v) is 8.56. The molecule has 1 nitrogen and oxygen atoms in total. The summed E-state index contributed by atoms with van der Waals surface area (Å²) < 4.78 is 5.53. The van der Waals surface area contributed by atoms with Crippen molar-refractivity contribution in [2.45, 2.75) is 33.3 Å². The summed E-state index contributed by atoms with van der Waals surface area (Å²) in [6.07, 6.45) is 5.28. The Balaban J connectivity index is 2.72. The van der Waals surface area contributed by atoms with Gasteiger partial charge >= 0.3 is 0 Å². The third kappa shape index (κ3) is 2.28. The summed E-state index contributed by atoms with van der Waals surface area (Å²) in [7, 11) is 0. The first-order valence-corrected chi connectivity index (χ1v) is 4.72. The minimum Gasteiger partial charge on any atom is -0.490 e. The van der Waals surface area contributed by atoms with Gasteiger partial charge in [-0.3, -0.25) is 0 Å². The Hall–Kier alpha value is -0.430. The lowest BCUT2D eigenvalue weighted by atomic mass is 10.0. The lowest BCUT2D eigenvalue weighted by Crippen LogP contribution is -2.08. The van der Waals surface area contributed by atoms with E-state index < -0.39 is 0 Å². The molecule has 0 aliphatic heterocycles. The molecule has 1 aliphatic rings. The van der Waals surface area contributed by atoms with E-state index in [4.69, 9.17) is 16.3 Å². The first-order valence-electron chi connectivity index (χ1n) is 4.34. The summed E-state index contributed by atoms with van der Waals surface area (Å²) in [4.78, 5) is 0. The van der Waals surface area contributed by atoms with Gasteiger partial charge in [-0.25, -0.2) is 0 Å². The second-order valence-electron chi connectivity index (χ2n) is 3.42. The van der Waals surface area contributed by atoms with Gasteiger partial charge in [0.05, 0.1) is 11.1 Å². The van der Waals surface area contributed by atoms with Crippen LogP contribution in [0.5, 0.6) is 0 Å². The molecular formula is C10H15ClO. The average Bonchev–Trinajstić information content (AvgIpc) is 1.98. The highest BCUT2D eigenvalue weighted by molar-refractivity contribution is 6.30. The molecule has 0 amide bonds. The van der Waals surface area contributed by atoms with Crippen LogP contribution in [0.3, 0.4) is 0 Å². The average molecular weight is 187 g/mol. The smallest absolute Gasteiger partial charge is 0.134 e. The van der Waals surface area contributed by atoms with Crippen molar-refractivity contribution in [3.05, 3.63) is 22.9 Å². The third-order valence-corrected chi connectivity index (χ3v) is 2.35. The Labute approximate surface area is 79.1 Å². The quantitative estimate of drug-likeness (QED) is 0.642. The SMILES string of the molecule is CC(C)OC1=C(Cl)C(C)CC=C1. The fourth-order valence-corrected chi connectivity index (χ4v) is 1.35. The summed E-state index contributed by atoms with van der Waals surface area (Å²) in [6.45, 7) is 6.12. The van der Waals surface area contributed by atoms with E-state index in [1.54, 1.807) is 0 Å². The van der Waals surface area contributed by atoms with Crippen LogP contribution < -0.4 is 0 Å². The van der Waals surface area contributed by atoms with E-state index in [-0.39, 0.29) is 6.10 Å². The molecule has 0 aromatic heterocycles. The maximum absolute atomic E-state index is 6.08. The maximum atomic E-state index is 6.08. The highest BCUT2D eigenvalue weighted by atomic mass is 35.5. The first kappa shape index (κ1) is 9.66. The molecule has 68 valence electrons. The van der Waals surface area contributed by atoms with Crippen LogP contribution in [0.4, 0.5) is 0 Å². The van der Waals surface area contributed by atoms with Gasteiger partial charge in [0.25, 0.3) is 0 Å². The molecule has 0 heterocycles. The molecule has 0 N–H and O–H groups in total. The Kier molecular flexibility index (Phi) is 3.21. The molecule has 1 rings (SSSR count). The van der Waals surface area contributed by atoms with Gasteiger partial charge in [0.15, 0.2) is 0 Å². The van der Waals surface area contributed by atoms with E-state index in [9.17, 15) is 0 Å². The topological polar surface area (TPSA) is 9.23 Å². The summed E-state index contributed by atoms with van der Waals surface area (Å²) in [5, 5.41) is 0.853. The predicted octanol–water partition coefficient (Wildman–Crippen LogP) is 3.46. The summed E-state index contributed by atoms with van der Waals surface area (Å²) in [5.41, 5.74) is 0. The Morgan fingerprint density at radius 3 is 2.83 bits per heavy atom. The van der Waals surface area contributed by atoms with Gasteiger partial charge < -0.3 is 4.74 Å². The van der Waals surface area contributed by atoms with Crippen LogP contribution in [0.1, 0.15) is 27.2 Å². The van der Waals surface area contributed by atoms with Crippen LogP contribution in [0, 0.1) is 5.92 Å². The van der Waals surface area contributed by atoms with Crippen molar-refractivity contribution in [1.29, 1.82) is 0 Å². The number of ether oxygens (including phenoxy) is 1. The van der Waals surface area contributed by atoms with Gasteiger partial charge in [-0.05, 0) is 32.3 Å². The number of allylic oxidation sites excluding steroid dienone is 3. The molecule has 0 saturated carbocycles. The number of hydrogen-bond donors (Lipinski definition) is 0. The predicted molar refractivity (Wildman–Crippen MR) is 52.0 cm³/mol. The first-order chi connectivity index (χ1) is 5.61. The second-order valence-corrected chi connectivity index (χ2v) is 3.83. The van der Waals surface area contributed by atoms with E-state index >= 15 is 0 Å². The summed E-state index contributed by atoms with van der Waals surface area (Å²) >= 11 is 6.08. The Bertz CT molecular complexity index is 216. The van der Waals surface area contributed by atoms with Gasteiger partial charge in [0.1, 0.15) is 5.76 Å². The van der Waals surface area contributed by atoms with Crippen LogP contribution in [-0.4, -0.2) is 6.10 Å². The zero-order chi connectivity index (χ0) is 9.14. The minimum atomic E-state index is 0.198. The van der Waals surface area contributed by atoms with Crippen molar-refractivity contribution in [1.82, 2.24) is 0 Å². The summed E-state index contributed by atoms with van der Waals surface area (Å²) in [6, 6.07) is 0. The molecule has 12 heavy (non-hydrogen) atoms. The van der Waals surface area contributed by atoms with Crippen molar-refractivity contribution in [3.8, 4) is 0 Å².